The number of nitrogens with one attached hydrogen (secondary N) is 1. The largest absolute Gasteiger partial charge is 0.306 e. The fraction of sp³-hybridized carbons (Fsp3) is 0.167. The SMILES string of the molecule is C=CC(=O)Nc1ncnc2c1c(-c1ccc(-c3ccccc3)cc1)nn2C(C)(C)C. The Morgan fingerprint density at radius 3 is 2.23 bits per heavy atom. The Hall–Kier alpha value is -3.80. The summed E-state index contributed by atoms with van der Waals surface area (Å²) in [4.78, 5) is 20.7. The molecule has 0 atom stereocenters. The molecule has 0 fully saturated rings. The summed E-state index contributed by atoms with van der Waals surface area (Å²) < 4.78 is 1.87. The summed E-state index contributed by atoms with van der Waals surface area (Å²) >= 11 is 0. The topological polar surface area (TPSA) is 72.7 Å². The zero-order valence-corrected chi connectivity index (χ0v) is 17.3. The number of fused-ring (bicyclic) bond motifs is 1. The molecule has 1 N–H and O–H groups in total. The number of benzene rings is 2. The number of nitrogens with zero attached hydrogens (tertiary/aromatic N) is 4. The first-order valence-electron chi connectivity index (χ1n) is 9.72. The number of hydrogen-bond donors (Lipinski definition) is 1. The number of carbonyl (C=O) groups is 1. The first-order chi connectivity index (χ1) is 14.4. The van der Waals surface area contributed by atoms with Gasteiger partial charge in [0.25, 0.3) is 0 Å². The molecule has 0 radical (unpaired) electrons. The van der Waals surface area contributed by atoms with E-state index in [0.717, 1.165) is 22.4 Å². The second kappa shape index (κ2) is 7.55. The van der Waals surface area contributed by atoms with Crippen LogP contribution in [0.15, 0.2) is 73.6 Å². The molecule has 0 aliphatic heterocycles. The van der Waals surface area contributed by atoms with Gasteiger partial charge in [-0.2, -0.15) is 5.10 Å². The molecule has 0 saturated carbocycles. The second-order valence-electron chi connectivity index (χ2n) is 7.99. The van der Waals surface area contributed by atoms with Crippen LogP contribution in [0.1, 0.15) is 20.8 Å². The third-order valence-corrected chi connectivity index (χ3v) is 4.79. The first-order valence-corrected chi connectivity index (χ1v) is 9.72. The standard InChI is InChI=1S/C24H23N5O/c1-5-19(30)27-22-20-21(28-29(24(2,3)4)23(20)26-15-25-22)18-13-11-17(12-14-18)16-9-7-6-8-10-16/h5-15H,1H2,2-4H3,(H,25,26,27,30). The van der Waals surface area contributed by atoms with Crippen molar-refractivity contribution in [2.75, 3.05) is 5.32 Å². The zero-order chi connectivity index (χ0) is 21.3. The predicted molar refractivity (Wildman–Crippen MR) is 120 cm³/mol. The average Bonchev–Trinajstić information content (AvgIpc) is 3.16. The van der Waals surface area contributed by atoms with Crippen LogP contribution in [0.5, 0.6) is 0 Å². The third kappa shape index (κ3) is 3.59. The molecule has 0 aliphatic carbocycles. The van der Waals surface area contributed by atoms with E-state index in [0.29, 0.717) is 16.9 Å². The molecular weight excluding hydrogens is 374 g/mol. The lowest BCUT2D eigenvalue weighted by Crippen LogP contribution is -2.23. The van der Waals surface area contributed by atoms with Gasteiger partial charge < -0.3 is 5.32 Å². The molecule has 30 heavy (non-hydrogen) atoms. The molecule has 0 bridgehead atoms. The van der Waals surface area contributed by atoms with Gasteiger partial charge in [-0.3, -0.25) is 4.79 Å². The summed E-state index contributed by atoms with van der Waals surface area (Å²) in [5.74, 6) is 0.0893. The molecule has 0 unspecified atom stereocenters. The molecule has 6 heteroatoms. The molecule has 6 nitrogen and oxygen atoms in total. The summed E-state index contributed by atoms with van der Waals surface area (Å²) in [7, 11) is 0. The van der Waals surface area contributed by atoms with Crippen molar-refractivity contribution in [3.63, 3.8) is 0 Å². The molecule has 1 amide bonds. The molecule has 2 aromatic carbocycles. The molecular formula is C24H23N5O. The van der Waals surface area contributed by atoms with Gasteiger partial charge in [0.1, 0.15) is 17.8 Å². The molecule has 4 aromatic rings. The van der Waals surface area contributed by atoms with E-state index >= 15 is 0 Å². The van der Waals surface area contributed by atoms with Crippen molar-refractivity contribution in [3.8, 4) is 22.4 Å². The van der Waals surface area contributed by atoms with Crippen LogP contribution < -0.4 is 5.32 Å². The van der Waals surface area contributed by atoms with E-state index in [-0.39, 0.29) is 11.4 Å². The minimum Gasteiger partial charge on any atom is -0.306 e. The summed E-state index contributed by atoms with van der Waals surface area (Å²) in [5.41, 5.74) is 4.28. The van der Waals surface area contributed by atoms with Crippen molar-refractivity contribution in [1.29, 1.82) is 0 Å². The summed E-state index contributed by atoms with van der Waals surface area (Å²) in [5, 5.41) is 8.35. The van der Waals surface area contributed by atoms with Gasteiger partial charge in [0.2, 0.25) is 5.91 Å². The van der Waals surface area contributed by atoms with E-state index in [2.05, 4.69) is 66.9 Å². The van der Waals surface area contributed by atoms with Gasteiger partial charge in [-0.15, -0.1) is 0 Å². The first kappa shape index (κ1) is 19.5. The van der Waals surface area contributed by atoms with Crippen molar-refractivity contribution in [1.82, 2.24) is 19.7 Å². The van der Waals surface area contributed by atoms with Crippen LogP contribution in [-0.2, 0) is 10.3 Å². The number of amides is 1. The lowest BCUT2D eigenvalue weighted by molar-refractivity contribution is -0.111. The van der Waals surface area contributed by atoms with E-state index in [1.165, 1.54) is 12.4 Å². The van der Waals surface area contributed by atoms with Gasteiger partial charge in [0.15, 0.2) is 5.65 Å². The minimum atomic E-state index is -0.330. The Balaban J connectivity index is 1.89. The van der Waals surface area contributed by atoms with Crippen molar-refractivity contribution >= 4 is 22.8 Å². The van der Waals surface area contributed by atoms with E-state index in [9.17, 15) is 4.79 Å². The maximum atomic E-state index is 12.0. The summed E-state index contributed by atoms with van der Waals surface area (Å²) in [6, 6.07) is 18.4. The van der Waals surface area contributed by atoms with Crippen LogP contribution in [0.3, 0.4) is 0 Å². The fourth-order valence-electron chi connectivity index (χ4n) is 3.34. The maximum absolute atomic E-state index is 12.0. The zero-order valence-electron chi connectivity index (χ0n) is 17.3. The van der Waals surface area contributed by atoms with Crippen LogP contribution in [0.2, 0.25) is 0 Å². The van der Waals surface area contributed by atoms with Crippen molar-refractivity contribution in [3.05, 3.63) is 73.6 Å². The van der Waals surface area contributed by atoms with Crippen molar-refractivity contribution in [2.24, 2.45) is 0 Å². The number of aromatic nitrogens is 4. The van der Waals surface area contributed by atoms with E-state index in [1.54, 1.807) is 0 Å². The van der Waals surface area contributed by atoms with E-state index in [1.807, 2.05) is 35.0 Å². The van der Waals surface area contributed by atoms with Gasteiger partial charge in [-0.1, -0.05) is 61.2 Å². The van der Waals surface area contributed by atoms with Crippen molar-refractivity contribution in [2.45, 2.75) is 26.3 Å². The molecule has 0 aliphatic rings. The quantitative estimate of drug-likeness (QED) is 0.490. The molecule has 150 valence electrons. The lowest BCUT2D eigenvalue weighted by Gasteiger charge is -2.19. The Bertz CT molecular complexity index is 1220. The molecule has 2 heterocycles. The van der Waals surface area contributed by atoms with Gasteiger partial charge >= 0.3 is 0 Å². The van der Waals surface area contributed by atoms with Gasteiger partial charge in [0, 0.05) is 5.56 Å². The Morgan fingerprint density at radius 2 is 1.60 bits per heavy atom. The number of hydrogen-bond acceptors (Lipinski definition) is 4. The Kier molecular flexibility index (Phi) is 4.91. The lowest BCUT2D eigenvalue weighted by atomic mass is 10.0. The molecule has 0 saturated heterocycles. The highest BCUT2D eigenvalue weighted by atomic mass is 16.1. The Labute approximate surface area is 175 Å². The van der Waals surface area contributed by atoms with Gasteiger partial charge in [-0.05, 0) is 38.0 Å². The highest BCUT2D eigenvalue weighted by Crippen LogP contribution is 2.34. The average molecular weight is 397 g/mol. The van der Waals surface area contributed by atoms with E-state index < -0.39 is 0 Å². The highest BCUT2D eigenvalue weighted by molar-refractivity contribution is 6.07. The number of carbonyl (C=O) groups excluding carboxylic acids is 1. The van der Waals surface area contributed by atoms with Crippen molar-refractivity contribution < 1.29 is 4.79 Å². The molecule has 2 aromatic heterocycles. The molecule has 4 rings (SSSR count). The fourth-order valence-corrected chi connectivity index (χ4v) is 3.34. The number of anilines is 1. The van der Waals surface area contributed by atoms with Gasteiger partial charge in [0.05, 0.1) is 10.9 Å². The summed E-state index contributed by atoms with van der Waals surface area (Å²) in [6.07, 6.45) is 2.66. The van der Waals surface area contributed by atoms with Gasteiger partial charge in [-0.25, -0.2) is 14.6 Å². The number of rotatable bonds is 4. The minimum absolute atomic E-state index is 0.297. The monoisotopic (exact) mass is 397 g/mol. The maximum Gasteiger partial charge on any atom is 0.248 e. The van der Waals surface area contributed by atoms with Crippen LogP contribution in [0.4, 0.5) is 5.82 Å². The summed E-state index contributed by atoms with van der Waals surface area (Å²) in [6.45, 7) is 9.71. The third-order valence-electron chi connectivity index (χ3n) is 4.79. The Morgan fingerprint density at radius 1 is 0.967 bits per heavy atom. The van der Waals surface area contributed by atoms with E-state index in [4.69, 9.17) is 5.10 Å². The molecule has 0 spiro atoms. The smallest absolute Gasteiger partial charge is 0.248 e. The van der Waals surface area contributed by atoms with Crippen LogP contribution >= 0.6 is 0 Å². The highest BCUT2D eigenvalue weighted by Gasteiger charge is 2.25. The van der Waals surface area contributed by atoms with Crippen LogP contribution in [0, 0.1) is 0 Å². The van der Waals surface area contributed by atoms with Crippen LogP contribution in [0.25, 0.3) is 33.4 Å². The second-order valence-corrected chi connectivity index (χ2v) is 7.99. The normalized spacial score (nSPS) is 11.4. The van der Waals surface area contributed by atoms with Crippen LogP contribution in [-0.4, -0.2) is 25.7 Å². The predicted octanol–water partition coefficient (Wildman–Crippen LogP) is 5.04.